The zero-order valence-corrected chi connectivity index (χ0v) is 19.2. The summed E-state index contributed by atoms with van der Waals surface area (Å²) in [5.74, 6) is -1.10. The van der Waals surface area contributed by atoms with E-state index in [4.69, 9.17) is 0 Å². The van der Waals surface area contributed by atoms with Crippen molar-refractivity contribution in [3.63, 3.8) is 0 Å². The standard InChI is InChI=1S/C27H28F3N.C2H2/c1-4-18(2)9-8-12-22-15-23(29)17-26(27(22)19(3)28)31-25-14-13-21(16-24(25)30)20-10-6-5-7-11-20;1-2/h5-7,10-11,13-18,31H,3-4,8-9,12H2,1-2H3;1-2H. The van der Waals surface area contributed by atoms with Gasteiger partial charge in [-0.3, -0.25) is 0 Å². The topological polar surface area (TPSA) is 12.0 Å². The second kappa shape index (κ2) is 12.6. The molecule has 0 heterocycles. The van der Waals surface area contributed by atoms with E-state index in [2.05, 4.69) is 38.6 Å². The van der Waals surface area contributed by atoms with Crippen LogP contribution in [-0.4, -0.2) is 0 Å². The van der Waals surface area contributed by atoms with E-state index in [-0.39, 0.29) is 16.9 Å². The average Bonchev–Trinajstić information content (AvgIpc) is 2.81. The minimum atomic E-state index is -0.664. The normalized spacial score (nSPS) is 11.2. The Labute approximate surface area is 195 Å². The number of hydrogen-bond donors (Lipinski definition) is 1. The van der Waals surface area contributed by atoms with E-state index in [0.717, 1.165) is 30.4 Å². The molecule has 1 nitrogen and oxygen atoms in total. The lowest BCUT2D eigenvalue weighted by Crippen LogP contribution is -2.03. The van der Waals surface area contributed by atoms with Gasteiger partial charge in [0.1, 0.15) is 17.5 Å². The van der Waals surface area contributed by atoms with Gasteiger partial charge >= 0.3 is 0 Å². The van der Waals surface area contributed by atoms with Gasteiger partial charge in [-0.2, -0.15) is 0 Å². The highest BCUT2D eigenvalue weighted by Gasteiger charge is 2.16. The van der Waals surface area contributed by atoms with Crippen molar-refractivity contribution < 1.29 is 13.2 Å². The van der Waals surface area contributed by atoms with E-state index in [0.29, 0.717) is 17.9 Å². The van der Waals surface area contributed by atoms with Crippen LogP contribution in [-0.2, 0) is 6.42 Å². The molecule has 1 N–H and O–H groups in total. The van der Waals surface area contributed by atoms with E-state index >= 15 is 0 Å². The van der Waals surface area contributed by atoms with E-state index in [9.17, 15) is 13.2 Å². The van der Waals surface area contributed by atoms with Crippen LogP contribution in [0.2, 0.25) is 0 Å². The molecule has 0 aromatic heterocycles. The third-order valence-corrected chi connectivity index (χ3v) is 5.64. The number of benzene rings is 3. The van der Waals surface area contributed by atoms with Crippen LogP contribution in [0.3, 0.4) is 0 Å². The third kappa shape index (κ3) is 7.02. The van der Waals surface area contributed by atoms with Gasteiger partial charge in [-0.05, 0) is 59.7 Å². The smallest absolute Gasteiger partial charge is 0.147 e. The van der Waals surface area contributed by atoms with Crippen LogP contribution >= 0.6 is 0 Å². The summed E-state index contributed by atoms with van der Waals surface area (Å²) in [7, 11) is 0. The minimum absolute atomic E-state index is 0.151. The number of aryl methyl sites for hydroxylation is 1. The van der Waals surface area contributed by atoms with Crippen molar-refractivity contribution >= 4 is 17.2 Å². The molecule has 0 spiro atoms. The molecule has 1 atom stereocenters. The van der Waals surface area contributed by atoms with Crippen LogP contribution in [0.5, 0.6) is 0 Å². The summed E-state index contributed by atoms with van der Waals surface area (Å²) in [6, 6.07) is 16.7. The summed E-state index contributed by atoms with van der Waals surface area (Å²) < 4.78 is 43.5. The molecule has 172 valence electrons. The van der Waals surface area contributed by atoms with Gasteiger partial charge in [-0.25, -0.2) is 13.2 Å². The lowest BCUT2D eigenvalue weighted by molar-refractivity contribution is 0.495. The molecule has 0 radical (unpaired) electrons. The third-order valence-electron chi connectivity index (χ3n) is 5.64. The van der Waals surface area contributed by atoms with Crippen LogP contribution in [0.25, 0.3) is 17.0 Å². The van der Waals surface area contributed by atoms with E-state index in [1.807, 2.05) is 30.3 Å². The maximum Gasteiger partial charge on any atom is 0.147 e. The highest BCUT2D eigenvalue weighted by atomic mass is 19.1. The van der Waals surface area contributed by atoms with Crippen LogP contribution in [0.1, 0.15) is 44.2 Å². The predicted octanol–water partition coefficient (Wildman–Crippen LogP) is 8.93. The van der Waals surface area contributed by atoms with Crippen LogP contribution in [0, 0.1) is 30.4 Å². The molecule has 0 fully saturated rings. The molecule has 4 heteroatoms. The van der Waals surface area contributed by atoms with Gasteiger partial charge in [-0.1, -0.05) is 69.7 Å². The summed E-state index contributed by atoms with van der Waals surface area (Å²) in [6.07, 6.45) is 11.4. The Morgan fingerprint density at radius 2 is 1.67 bits per heavy atom. The predicted molar refractivity (Wildman–Crippen MR) is 134 cm³/mol. The lowest BCUT2D eigenvalue weighted by Gasteiger charge is -2.17. The Bertz CT molecular complexity index is 1090. The second-order valence-corrected chi connectivity index (χ2v) is 7.98. The minimum Gasteiger partial charge on any atom is -0.352 e. The molecule has 0 aliphatic heterocycles. The second-order valence-electron chi connectivity index (χ2n) is 7.98. The molecule has 3 rings (SSSR count). The van der Waals surface area contributed by atoms with Gasteiger partial charge in [0.25, 0.3) is 0 Å². The van der Waals surface area contributed by atoms with Crippen molar-refractivity contribution in [1.29, 1.82) is 0 Å². The Hall–Kier alpha value is -3.45. The summed E-state index contributed by atoms with van der Waals surface area (Å²) in [5, 5.41) is 2.88. The number of anilines is 2. The number of terminal acetylenes is 1. The molecular formula is C29H30F3N. The largest absolute Gasteiger partial charge is 0.352 e. The van der Waals surface area contributed by atoms with Crippen molar-refractivity contribution in [1.82, 2.24) is 0 Å². The average molecular weight is 450 g/mol. The molecule has 3 aromatic carbocycles. The molecule has 0 bridgehead atoms. The van der Waals surface area contributed by atoms with Crippen LogP contribution in [0.15, 0.2) is 67.2 Å². The van der Waals surface area contributed by atoms with Crippen molar-refractivity contribution in [2.45, 2.75) is 39.5 Å². The fraction of sp³-hybridized carbons (Fsp3) is 0.241. The highest BCUT2D eigenvalue weighted by molar-refractivity contribution is 5.78. The Morgan fingerprint density at radius 3 is 2.27 bits per heavy atom. The summed E-state index contributed by atoms with van der Waals surface area (Å²) in [4.78, 5) is 0. The van der Waals surface area contributed by atoms with E-state index < -0.39 is 17.5 Å². The number of rotatable bonds is 9. The van der Waals surface area contributed by atoms with E-state index in [1.165, 1.54) is 18.2 Å². The fourth-order valence-corrected chi connectivity index (χ4v) is 3.70. The number of halogens is 3. The van der Waals surface area contributed by atoms with E-state index in [1.54, 1.807) is 12.1 Å². The molecular weight excluding hydrogens is 419 g/mol. The molecule has 3 aromatic rings. The van der Waals surface area contributed by atoms with Crippen molar-refractivity contribution in [3.05, 3.63) is 90.0 Å². The SMILES string of the molecule is C#C.C=C(F)c1c(CCCC(C)CC)cc(F)cc1Nc1ccc(-c2ccccc2)cc1F. The van der Waals surface area contributed by atoms with Gasteiger partial charge in [0, 0.05) is 5.56 Å². The quantitative estimate of drug-likeness (QED) is 0.322. The summed E-state index contributed by atoms with van der Waals surface area (Å²) in [6.45, 7) is 7.72. The van der Waals surface area contributed by atoms with Gasteiger partial charge in [0.15, 0.2) is 0 Å². The Kier molecular flexibility index (Phi) is 9.82. The Morgan fingerprint density at radius 1 is 0.970 bits per heavy atom. The van der Waals surface area contributed by atoms with Crippen molar-refractivity contribution in [3.8, 4) is 24.0 Å². The first-order valence-corrected chi connectivity index (χ1v) is 11.0. The van der Waals surface area contributed by atoms with Gasteiger partial charge in [0.05, 0.1) is 11.4 Å². The van der Waals surface area contributed by atoms with Gasteiger partial charge < -0.3 is 5.32 Å². The van der Waals surface area contributed by atoms with Crippen molar-refractivity contribution in [2.24, 2.45) is 5.92 Å². The zero-order chi connectivity index (χ0) is 24.4. The van der Waals surface area contributed by atoms with Crippen molar-refractivity contribution in [2.75, 3.05) is 5.32 Å². The first kappa shape index (κ1) is 25.8. The monoisotopic (exact) mass is 449 g/mol. The number of nitrogens with one attached hydrogen (secondary N) is 1. The molecule has 33 heavy (non-hydrogen) atoms. The summed E-state index contributed by atoms with van der Waals surface area (Å²) in [5.41, 5.74) is 2.69. The molecule has 0 saturated carbocycles. The van der Waals surface area contributed by atoms with Gasteiger partial charge in [0.2, 0.25) is 0 Å². The molecule has 0 amide bonds. The van der Waals surface area contributed by atoms with Gasteiger partial charge in [-0.15, -0.1) is 12.8 Å². The molecule has 1 unspecified atom stereocenters. The summed E-state index contributed by atoms with van der Waals surface area (Å²) >= 11 is 0. The molecule has 0 aliphatic carbocycles. The van der Waals surface area contributed by atoms with Crippen LogP contribution in [0.4, 0.5) is 24.5 Å². The molecule has 0 saturated heterocycles. The molecule has 0 aliphatic rings. The van der Waals surface area contributed by atoms with Crippen LogP contribution < -0.4 is 5.32 Å². The maximum atomic E-state index is 14.8. The Balaban J connectivity index is 0.00000187. The maximum absolute atomic E-state index is 14.8. The fourth-order valence-electron chi connectivity index (χ4n) is 3.70. The lowest BCUT2D eigenvalue weighted by atomic mass is 9.95. The zero-order valence-electron chi connectivity index (χ0n) is 19.2. The number of hydrogen-bond acceptors (Lipinski definition) is 1. The first-order valence-electron chi connectivity index (χ1n) is 11.0. The highest BCUT2D eigenvalue weighted by Crippen LogP contribution is 2.34. The first-order chi connectivity index (χ1) is 15.9.